The Labute approximate surface area is 124 Å². The minimum absolute atomic E-state index is 0.0573. The molecule has 1 aromatic carbocycles. The van der Waals surface area contributed by atoms with Crippen molar-refractivity contribution < 1.29 is 14.3 Å². The lowest BCUT2D eigenvalue weighted by Gasteiger charge is -2.33. The van der Waals surface area contributed by atoms with Crippen molar-refractivity contribution >= 4 is 17.6 Å². The van der Waals surface area contributed by atoms with E-state index in [2.05, 4.69) is 18.7 Å². The highest BCUT2D eigenvalue weighted by Gasteiger charge is 2.19. The second kappa shape index (κ2) is 7.60. The average Bonchev–Trinajstić information content (AvgIpc) is 2.36. The molecule has 1 rings (SSSR count). The van der Waals surface area contributed by atoms with Gasteiger partial charge in [-0.05, 0) is 51.4 Å². The zero-order valence-corrected chi connectivity index (χ0v) is 12.8. The normalized spacial score (nSPS) is 12.9. The number of carboxylic acids is 1. The lowest BCUT2D eigenvalue weighted by molar-refractivity contribution is -0.137. The van der Waals surface area contributed by atoms with Crippen molar-refractivity contribution in [3.05, 3.63) is 34.6 Å². The fourth-order valence-electron chi connectivity index (χ4n) is 2.28. The molecule has 0 saturated heterocycles. The molecule has 5 heteroatoms. The molecule has 0 spiro atoms. The summed E-state index contributed by atoms with van der Waals surface area (Å²) < 4.78 is 13.2. The third kappa shape index (κ3) is 4.76. The van der Waals surface area contributed by atoms with Crippen LogP contribution in [0.2, 0.25) is 5.02 Å². The van der Waals surface area contributed by atoms with Crippen molar-refractivity contribution in [2.24, 2.45) is 0 Å². The Hall–Kier alpha value is -1.13. The fourth-order valence-corrected chi connectivity index (χ4v) is 2.46. The maximum Gasteiger partial charge on any atom is 0.303 e. The van der Waals surface area contributed by atoms with Crippen molar-refractivity contribution in [1.82, 2.24) is 4.90 Å². The van der Waals surface area contributed by atoms with Gasteiger partial charge in [-0.15, -0.1) is 0 Å². The molecule has 0 radical (unpaired) electrons. The number of hydrogen-bond acceptors (Lipinski definition) is 2. The summed E-state index contributed by atoms with van der Waals surface area (Å²) in [5.41, 5.74) is 0.931. The lowest BCUT2D eigenvalue weighted by atomic mass is 10.0. The van der Waals surface area contributed by atoms with E-state index in [1.807, 2.05) is 6.92 Å². The van der Waals surface area contributed by atoms with Crippen LogP contribution in [-0.2, 0) is 4.79 Å². The molecule has 0 bridgehead atoms. The molecule has 112 valence electrons. The van der Waals surface area contributed by atoms with Gasteiger partial charge in [0.05, 0.1) is 5.02 Å². The highest BCUT2D eigenvalue weighted by atomic mass is 35.5. The molecule has 0 aliphatic carbocycles. The summed E-state index contributed by atoms with van der Waals surface area (Å²) in [6.07, 6.45) is 0.743. The maximum atomic E-state index is 13.2. The lowest BCUT2D eigenvalue weighted by Crippen LogP contribution is -2.34. The van der Waals surface area contributed by atoms with Gasteiger partial charge in [0.2, 0.25) is 0 Å². The van der Waals surface area contributed by atoms with Crippen molar-refractivity contribution in [1.29, 1.82) is 0 Å². The number of rotatable bonds is 7. The summed E-state index contributed by atoms with van der Waals surface area (Å²) >= 11 is 5.82. The molecule has 0 saturated carbocycles. The summed E-state index contributed by atoms with van der Waals surface area (Å²) in [7, 11) is 0. The molecule has 1 N–H and O–H groups in total. The van der Waals surface area contributed by atoms with E-state index < -0.39 is 11.8 Å². The first-order chi connectivity index (χ1) is 9.32. The Bertz CT molecular complexity index is 465. The van der Waals surface area contributed by atoms with E-state index in [9.17, 15) is 9.18 Å². The minimum atomic E-state index is -0.786. The third-order valence-electron chi connectivity index (χ3n) is 3.39. The number of carboxylic acid groups (broad SMARTS) is 1. The monoisotopic (exact) mass is 301 g/mol. The highest BCUT2D eigenvalue weighted by molar-refractivity contribution is 6.30. The molecule has 0 fully saturated rings. The number of nitrogens with zero attached hydrogens (tertiary/aromatic N) is 1. The second-order valence-corrected chi connectivity index (χ2v) is 5.59. The van der Waals surface area contributed by atoms with Crippen LogP contribution in [0.1, 0.15) is 45.2 Å². The molecule has 0 aromatic heterocycles. The molecular weight excluding hydrogens is 281 g/mol. The summed E-state index contributed by atoms with van der Waals surface area (Å²) in [5.74, 6) is -1.21. The van der Waals surface area contributed by atoms with E-state index in [4.69, 9.17) is 16.7 Å². The summed E-state index contributed by atoms with van der Waals surface area (Å²) in [6, 6.07) is 5.04. The van der Waals surface area contributed by atoms with E-state index in [-0.39, 0.29) is 23.5 Å². The smallest absolute Gasteiger partial charge is 0.303 e. The number of carbonyl (C=O) groups is 1. The van der Waals surface area contributed by atoms with Gasteiger partial charge in [-0.1, -0.05) is 17.7 Å². The molecule has 0 aliphatic rings. The van der Waals surface area contributed by atoms with Crippen LogP contribution in [0.25, 0.3) is 0 Å². The SMILES string of the molecule is CC(C)N(CCCC(=O)O)C(C)c1ccc(F)c(Cl)c1. The van der Waals surface area contributed by atoms with Gasteiger partial charge in [-0.25, -0.2) is 4.39 Å². The van der Waals surface area contributed by atoms with Crippen LogP contribution in [0.5, 0.6) is 0 Å². The number of halogens is 2. The van der Waals surface area contributed by atoms with Gasteiger partial charge in [0, 0.05) is 18.5 Å². The van der Waals surface area contributed by atoms with E-state index in [0.717, 1.165) is 5.56 Å². The molecule has 0 heterocycles. The van der Waals surface area contributed by atoms with Gasteiger partial charge in [0.15, 0.2) is 0 Å². The van der Waals surface area contributed by atoms with Gasteiger partial charge in [0.1, 0.15) is 5.82 Å². The Morgan fingerprint density at radius 3 is 2.55 bits per heavy atom. The zero-order valence-electron chi connectivity index (χ0n) is 12.1. The van der Waals surface area contributed by atoms with Crippen LogP contribution < -0.4 is 0 Å². The minimum Gasteiger partial charge on any atom is -0.481 e. The van der Waals surface area contributed by atoms with Crippen LogP contribution >= 0.6 is 11.6 Å². The summed E-state index contributed by atoms with van der Waals surface area (Å²) in [4.78, 5) is 12.8. The van der Waals surface area contributed by atoms with E-state index in [1.54, 1.807) is 12.1 Å². The van der Waals surface area contributed by atoms with Crippen LogP contribution in [0.4, 0.5) is 4.39 Å². The van der Waals surface area contributed by atoms with E-state index >= 15 is 0 Å². The largest absolute Gasteiger partial charge is 0.481 e. The average molecular weight is 302 g/mol. The van der Waals surface area contributed by atoms with Gasteiger partial charge in [0.25, 0.3) is 0 Å². The second-order valence-electron chi connectivity index (χ2n) is 5.18. The maximum absolute atomic E-state index is 13.2. The first kappa shape index (κ1) is 16.9. The fraction of sp³-hybridized carbons (Fsp3) is 0.533. The van der Waals surface area contributed by atoms with Crippen LogP contribution in [-0.4, -0.2) is 28.6 Å². The van der Waals surface area contributed by atoms with Gasteiger partial charge >= 0.3 is 5.97 Å². The first-order valence-corrected chi connectivity index (χ1v) is 7.13. The number of aliphatic carboxylic acids is 1. The van der Waals surface area contributed by atoms with Crippen molar-refractivity contribution in [2.75, 3.05) is 6.54 Å². The van der Waals surface area contributed by atoms with Crippen LogP contribution in [0, 0.1) is 5.82 Å². The molecule has 1 unspecified atom stereocenters. The molecule has 1 aromatic rings. The van der Waals surface area contributed by atoms with Crippen molar-refractivity contribution in [3.63, 3.8) is 0 Å². The van der Waals surface area contributed by atoms with Crippen molar-refractivity contribution in [3.8, 4) is 0 Å². The predicted octanol–water partition coefficient (Wildman–Crippen LogP) is 4.12. The molecule has 0 aliphatic heterocycles. The molecule has 0 amide bonds. The summed E-state index contributed by atoms with van der Waals surface area (Å²) in [5, 5.41) is 8.82. The van der Waals surface area contributed by atoms with E-state index in [0.29, 0.717) is 13.0 Å². The Kier molecular flexibility index (Phi) is 6.43. The number of benzene rings is 1. The Morgan fingerprint density at radius 2 is 2.05 bits per heavy atom. The van der Waals surface area contributed by atoms with Gasteiger partial charge in [-0.2, -0.15) is 0 Å². The molecule has 1 atom stereocenters. The number of hydrogen-bond donors (Lipinski definition) is 1. The Balaban J connectivity index is 2.79. The zero-order chi connectivity index (χ0) is 15.3. The van der Waals surface area contributed by atoms with E-state index in [1.165, 1.54) is 6.07 Å². The molecule has 3 nitrogen and oxygen atoms in total. The molecular formula is C15H21ClFNO2. The van der Waals surface area contributed by atoms with Gasteiger partial charge in [-0.3, -0.25) is 9.69 Å². The van der Waals surface area contributed by atoms with Crippen LogP contribution in [0.15, 0.2) is 18.2 Å². The third-order valence-corrected chi connectivity index (χ3v) is 3.68. The quantitative estimate of drug-likeness (QED) is 0.823. The predicted molar refractivity (Wildman–Crippen MR) is 78.5 cm³/mol. The van der Waals surface area contributed by atoms with Crippen molar-refractivity contribution in [2.45, 2.75) is 45.7 Å². The first-order valence-electron chi connectivity index (χ1n) is 6.75. The standard InChI is InChI=1S/C15H21ClFNO2/c1-10(2)18(8-4-5-15(19)20)11(3)12-6-7-14(17)13(16)9-12/h6-7,9-11H,4-5,8H2,1-3H3,(H,19,20). The highest BCUT2D eigenvalue weighted by Crippen LogP contribution is 2.26. The summed E-state index contributed by atoms with van der Waals surface area (Å²) in [6.45, 7) is 6.81. The molecule has 20 heavy (non-hydrogen) atoms. The van der Waals surface area contributed by atoms with Crippen LogP contribution in [0.3, 0.4) is 0 Å². The topological polar surface area (TPSA) is 40.5 Å². The van der Waals surface area contributed by atoms with Gasteiger partial charge < -0.3 is 5.11 Å². The Morgan fingerprint density at radius 1 is 1.40 bits per heavy atom.